The van der Waals surface area contributed by atoms with Gasteiger partial charge in [0.05, 0.1) is 24.2 Å². The van der Waals surface area contributed by atoms with Gasteiger partial charge in [0.25, 0.3) is 11.8 Å². The molecular formula is C38H36F8N6O6. The molecule has 2 aromatic heterocycles. The van der Waals surface area contributed by atoms with E-state index >= 15 is 0 Å². The van der Waals surface area contributed by atoms with Crippen LogP contribution < -0.4 is 30.7 Å². The summed E-state index contributed by atoms with van der Waals surface area (Å²) in [7, 11) is 0. The maximum Gasteiger partial charge on any atom is 0.416 e. The molecule has 2 heterocycles. The quantitative estimate of drug-likeness (QED) is 0.0779. The van der Waals surface area contributed by atoms with Crippen molar-refractivity contribution in [2.45, 2.75) is 39.0 Å². The molecule has 0 spiro atoms. The molecule has 1 aliphatic rings. The lowest BCUT2D eigenvalue weighted by Crippen LogP contribution is -2.28. The molecule has 0 aliphatic heterocycles. The molecule has 310 valence electrons. The third-order valence-electron chi connectivity index (χ3n) is 7.83. The minimum atomic E-state index is -4.65. The number of hydrogen-bond acceptors (Lipinski definition) is 8. The van der Waals surface area contributed by atoms with Gasteiger partial charge in [-0.05, 0) is 73.5 Å². The number of amides is 4. The number of nitrogens with one attached hydrogen (secondary N) is 4. The Morgan fingerprint density at radius 1 is 0.672 bits per heavy atom. The predicted molar refractivity (Wildman–Crippen MR) is 192 cm³/mol. The first-order valence-corrected chi connectivity index (χ1v) is 17.4. The molecule has 12 nitrogen and oxygen atoms in total. The van der Waals surface area contributed by atoms with Gasteiger partial charge in [0.1, 0.15) is 24.8 Å². The monoisotopic (exact) mass is 824 g/mol. The fraction of sp³-hybridized carbons (Fsp3) is 0.316. The van der Waals surface area contributed by atoms with Crippen LogP contribution in [-0.2, 0) is 21.9 Å². The molecule has 0 bridgehead atoms. The summed E-state index contributed by atoms with van der Waals surface area (Å²) in [5.74, 6) is -4.09. The molecule has 1 fully saturated rings. The van der Waals surface area contributed by atoms with Gasteiger partial charge in [0.15, 0.2) is 23.1 Å². The number of carbonyl (C=O) groups excluding carboxylic acids is 4. The lowest BCUT2D eigenvalue weighted by molar-refractivity contribution is -0.138. The number of pyridine rings is 2. The molecule has 4 aromatic rings. The lowest BCUT2D eigenvalue weighted by atomic mass is 10.2. The zero-order chi connectivity index (χ0) is 42.6. The van der Waals surface area contributed by atoms with Crippen LogP contribution in [0, 0.1) is 23.5 Å². The highest BCUT2D eigenvalue weighted by molar-refractivity contribution is 5.98. The zero-order valence-corrected chi connectivity index (χ0v) is 30.7. The number of anilines is 2. The van der Waals surface area contributed by atoms with Crippen molar-refractivity contribution in [2.75, 3.05) is 36.9 Å². The summed E-state index contributed by atoms with van der Waals surface area (Å²) in [4.78, 5) is 55.7. The maximum absolute atomic E-state index is 13.7. The Morgan fingerprint density at radius 2 is 1.10 bits per heavy atom. The van der Waals surface area contributed by atoms with Gasteiger partial charge >= 0.3 is 12.4 Å². The van der Waals surface area contributed by atoms with Crippen molar-refractivity contribution in [3.8, 4) is 11.5 Å². The molecule has 4 N–H and O–H groups in total. The van der Waals surface area contributed by atoms with Gasteiger partial charge in [0.2, 0.25) is 11.8 Å². The van der Waals surface area contributed by atoms with Crippen LogP contribution in [0.25, 0.3) is 0 Å². The number of benzene rings is 2. The van der Waals surface area contributed by atoms with Crippen LogP contribution in [0.15, 0.2) is 73.1 Å². The van der Waals surface area contributed by atoms with Gasteiger partial charge in [-0.1, -0.05) is 13.8 Å². The molecule has 0 unspecified atom stereocenters. The van der Waals surface area contributed by atoms with Crippen molar-refractivity contribution < 1.29 is 63.8 Å². The van der Waals surface area contributed by atoms with Gasteiger partial charge in [-0.2, -0.15) is 26.3 Å². The molecule has 0 saturated heterocycles. The molecular weight excluding hydrogens is 788 g/mol. The number of hydrogen-bond donors (Lipinski definition) is 4. The molecule has 5 rings (SSSR count). The van der Waals surface area contributed by atoms with E-state index in [1.54, 1.807) is 13.8 Å². The number of nitrogens with zero attached hydrogens (tertiary/aromatic N) is 2. The predicted octanol–water partition coefficient (Wildman–Crippen LogP) is 7.04. The maximum atomic E-state index is 13.7. The van der Waals surface area contributed by atoms with Crippen LogP contribution in [0.4, 0.5) is 46.8 Å². The van der Waals surface area contributed by atoms with Gasteiger partial charge in [-0.25, -0.2) is 18.7 Å². The van der Waals surface area contributed by atoms with Crippen LogP contribution in [0.2, 0.25) is 0 Å². The summed E-state index contributed by atoms with van der Waals surface area (Å²) in [6.07, 6.45) is -4.87. The van der Waals surface area contributed by atoms with Crippen LogP contribution in [0.1, 0.15) is 58.5 Å². The smallest absolute Gasteiger partial charge is 0.416 e. The van der Waals surface area contributed by atoms with E-state index in [0.717, 1.165) is 25.0 Å². The van der Waals surface area contributed by atoms with Crippen LogP contribution in [-0.4, -0.2) is 59.9 Å². The standard InChI is InChI=1S/C19H17F4N3O3.C19H19F4N3O3/c20-14-10-13(19(21,22)23)3-4-15(14)29-8-7-25-17(27)12-5-6-24-16(9-12)26-18(28)11-1-2-11;1-11(2)17(27)26-16-9-12(5-6-24-16)18(28)25-7-8-29-15-4-3-13(10-14(15)20)19(21,22)23/h3-6,9-11H,1-2,7-8H2,(H,25,27)(H,24,26,28);3-6,9-11H,7-8H2,1-2H3,(H,25,28)(H,24,26,27). The molecule has 1 saturated carbocycles. The molecule has 2 aromatic carbocycles. The van der Waals surface area contributed by atoms with E-state index < -0.39 is 46.9 Å². The Hall–Kier alpha value is -6.34. The first-order valence-electron chi connectivity index (χ1n) is 17.4. The highest BCUT2D eigenvalue weighted by atomic mass is 19.4. The summed E-state index contributed by atoms with van der Waals surface area (Å²) in [5.41, 5.74) is -1.74. The number of aromatic nitrogens is 2. The summed E-state index contributed by atoms with van der Waals surface area (Å²) >= 11 is 0. The fourth-order valence-corrected chi connectivity index (χ4v) is 4.57. The topological polar surface area (TPSA) is 161 Å². The normalized spacial score (nSPS) is 12.5. The first-order chi connectivity index (χ1) is 27.3. The second kappa shape index (κ2) is 19.7. The van der Waals surface area contributed by atoms with Crippen molar-refractivity contribution >= 4 is 35.3 Å². The van der Waals surface area contributed by atoms with E-state index in [1.807, 2.05) is 0 Å². The summed E-state index contributed by atoms with van der Waals surface area (Å²) < 4.78 is 113. The Morgan fingerprint density at radius 3 is 1.48 bits per heavy atom. The number of halogens is 8. The molecule has 0 atom stereocenters. The summed E-state index contributed by atoms with van der Waals surface area (Å²) in [6.45, 7) is 3.10. The number of rotatable bonds is 14. The van der Waals surface area contributed by atoms with Gasteiger partial charge in [-0.15, -0.1) is 0 Å². The average Bonchev–Trinajstić information content (AvgIpc) is 4.02. The zero-order valence-electron chi connectivity index (χ0n) is 30.7. The number of carbonyl (C=O) groups is 4. The average molecular weight is 825 g/mol. The van der Waals surface area contributed by atoms with E-state index in [0.29, 0.717) is 24.3 Å². The van der Waals surface area contributed by atoms with Gasteiger partial charge in [0, 0.05) is 35.4 Å². The fourth-order valence-electron chi connectivity index (χ4n) is 4.57. The van der Waals surface area contributed by atoms with Gasteiger partial charge in [-0.3, -0.25) is 19.2 Å². The van der Waals surface area contributed by atoms with E-state index in [4.69, 9.17) is 9.47 Å². The first kappa shape index (κ1) is 44.4. The number of ether oxygens (including phenoxy) is 2. The van der Waals surface area contributed by atoms with Crippen molar-refractivity contribution in [3.63, 3.8) is 0 Å². The number of alkyl halides is 6. The Balaban J connectivity index is 0.000000257. The molecule has 58 heavy (non-hydrogen) atoms. The minimum Gasteiger partial charge on any atom is -0.489 e. The van der Waals surface area contributed by atoms with Gasteiger partial charge < -0.3 is 30.7 Å². The van der Waals surface area contributed by atoms with E-state index in [1.165, 1.54) is 36.7 Å². The molecule has 20 heteroatoms. The van der Waals surface area contributed by atoms with E-state index in [2.05, 4.69) is 31.2 Å². The second-order valence-electron chi connectivity index (χ2n) is 12.8. The highest BCUT2D eigenvalue weighted by Crippen LogP contribution is 2.33. The van der Waals surface area contributed by atoms with E-state index in [9.17, 15) is 54.3 Å². The van der Waals surface area contributed by atoms with E-state index in [-0.39, 0.29) is 84.2 Å². The Bertz CT molecular complexity index is 1950. The third-order valence-corrected chi connectivity index (χ3v) is 7.83. The summed E-state index contributed by atoms with van der Waals surface area (Å²) in [6, 6.07) is 9.60. The van der Waals surface area contributed by atoms with Crippen molar-refractivity contribution in [3.05, 3.63) is 107 Å². The van der Waals surface area contributed by atoms with Crippen molar-refractivity contribution in [1.29, 1.82) is 0 Å². The lowest BCUT2D eigenvalue weighted by Gasteiger charge is -2.11. The second-order valence-corrected chi connectivity index (χ2v) is 12.8. The molecule has 1 aliphatic carbocycles. The van der Waals surface area contributed by atoms with Crippen LogP contribution >= 0.6 is 0 Å². The Kier molecular flexibility index (Phi) is 15.1. The third kappa shape index (κ3) is 13.7. The largest absolute Gasteiger partial charge is 0.489 e. The van der Waals surface area contributed by atoms with Crippen molar-refractivity contribution in [1.82, 2.24) is 20.6 Å². The summed E-state index contributed by atoms with van der Waals surface area (Å²) in [5, 5.41) is 10.3. The highest BCUT2D eigenvalue weighted by Gasteiger charge is 2.32. The molecule has 0 radical (unpaired) electrons. The van der Waals surface area contributed by atoms with Crippen LogP contribution in [0.3, 0.4) is 0 Å². The SMILES string of the molecule is CC(C)C(=O)Nc1cc(C(=O)NCCOc2ccc(C(F)(F)F)cc2F)ccn1.O=C(NCCOc1ccc(C(F)(F)F)cc1F)c1ccnc(NC(=O)C2CC2)c1. The van der Waals surface area contributed by atoms with Crippen LogP contribution in [0.5, 0.6) is 11.5 Å². The Labute approximate surface area is 325 Å². The minimum absolute atomic E-state index is 0.00276. The molecule has 4 amide bonds. The van der Waals surface area contributed by atoms with Crippen molar-refractivity contribution in [2.24, 2.45) is 11.8 Å².